The first-order chi connectivity index (χ1) is 13.6. The minimum absolute atomic E-state index is 0.0329. The molecule has 2 aliphatic heterocycles. The SMILES string of the molecule is Cc1ccc(CN2CCN(C(=O)CC3Oc4ccccc4NC3=O)CC2)cc1. The van der Waals surface area contributed by atoms with E-state index in [0.717, 1.165) is 19.6 Å². The lowest BCUT2D eigenvalue weighted by Crippen LogP contribution is -2.50. The van der Waals surface area contributed by atoms with Crippen LogP contribution in [0, 0.1) is 6.92 Å². The molecular weight excluding hydrogens is 354 g/mol. The van der Waals surface area contributed by atoms with Crippen LogP contribution >= 0.6 is 0 Å². The molecule has 0 radical (unpaired) electrons. The van der Waals surface area contributed by atoms with Crippen LogP contribution in [0.25, 0.3) is 0 Å². The van der Waals surface area contributed by atoms with Gasteiger partial charge in [0.1, 0.15) is 5.75 Å². The highest BCUT2D eigenvalue weighted by molar-refractivity contribution is 5.99. The van der Waals surface area contributed by atoms with E-state index < -0.39 is 6.10 Å². The first kappa shape index (κ1) is 18.5. The van der Waals surface area contributed by atoms with Gasteiger partial charge in [-0.05, 0) is 24.6 Å². The van der Waals surface area contributed by atoms with Crippen molar-refractivity contribution in [3.05, 3.63) is 59.7 Å². The number of nitrogens with one attached hydrogen (secondary N) is 1. The third kappa shape index (κ3) is 4.17. The van der Waals surface area contributed by atoms with Crippen molar-refractivity contribution in [3.63, 3.8) is 0 Å². The van der Waals surface area contributed by atoms with E-state index in [1.807, 2.05) is 17.0 Å². The van der Waals surface area contributed by atoms with Crippen molar-refractivity contribution in [2.75, 3.05) is 31.5 Å². The molecule has 4 rings (SSSR count). The smallest absolute Gasteiger partial charge is 0.266 e. The maximum Gasteiger partial charge on any atom is 0.266 e. The summed E-state index contributed by atoms with van der Waals surface area (Å²) in [5.41, 5.74) is 3.20. The van der Waals surface area contributed by atoms with Gasteiger partial charge in [-0.1, -0.05) is 42.0 Å². The molecule has 0 aliphatic carbocycles. The summed E-state index contributed by atoms with van der Waals surface area (Å²) in [6.07, 6.45) is -0.703. The maximum atomic E-state index is 12.7. The summed E-state index contributed by atoms with van der Waals surface area (Å²) >= 11 is 0. The van der Waals surface area contributed by atoms with Crippen LogP contribution < -0.4 is 10.1 Å². The van der Waals surface area contributed by atoms with Crippen LogP contribution in [0.4, 0.5) is 5.69 Å². The second-order valence-electron chi connectivity index (χ2n) is 7.44. The molecule has 0 saturated carbocycles. The van der Waals surface area contributed by atoms with Crippen molar-refractivity contribution >= 4 is 17.5 Å². The Bertz CT molecular complexity index is 858. The van der Waals surface area contributed by atoms with Gasteiger partial charge in [0.2, 0.25) is 5.91 Å². The highest BCUT2D eigenvalue weighted by Crippen LogP contribution is 2.29. The van der Waals surface area contributed by atoms with Gasteiger partial charge in [-0.3, -0.25) is 14.5 Å². The van der Waals surface area contributed by atoms with Gasteiger partial charge in [0.15, 0.2) is 6.10 Å². The van der Waals surface area contributed by atoms with Crippen LogP contribution in [0.5, 0.6) is 5.75 Å². The molecule has 1 unspecified atom stereocenters. The number of ether oxygens (including phenoxy) is 1. The molecule has 1 N–H and O–H groups in total. The number of nitrogens with zero attached hydrogens (tertiary/aromatic N) is 2. The fraction of sp³-hybridized carbons (Fsp3) is 0.364. The van der Waals surface area contributed by atoms with Gasteiger partial charge in [-0.15, -0.1) is 0 Å². The summed E-state index contributed by atoms with van der Waals surface area (Å²) in [4.78, 5) is 29.1. The molecule has 0 spiro atoms. The van der Waals surface area contributed by atoms with E-state index in [-0.39, 0.29) is 18.2 Å². The second-order valence-corrected chi connectivity index (χ2v) is 7.44. The summed E-state index contributed by atoms with van der Waals surface area (Å²) in [6, 6.07) is 15.8. The average Bonchev–Trinajstić information content (AvgIpc) is 2.71. The van der Waals surface area contributed by atoms with E-state index in [2.05, 4.69) is 41.4 Å². The lowest BCUT2D eigenvalue weighted by Gasteiger charge is -2.35. The topological polar surface area (TPSA) is 61.9 Å². The zero-order valence-electron chi connectivity index (χ0n) is 16.1. The number of piperazine rings is 1. The number of benzene rings is 2. The third-order valence-corrected chi connectivity index (χ3v) is 5.32. The summed E-state index contributed by atoms with van der Waals surface area (Å²) < 4.78 is 5.75. The van der Waals surface area contributed by atoms with Crippen molar-refractivity contribution in [3.8, 4) is 5.75 Å². The number of carbonyl (C=O) groups is 2. The minimum atomic E-state index is -0.770. The lowest BCUT2D eigenvalue weighted by atomic mass is 10.1. The number of hydrogen-bond acceptors (Lipinski definition) is 4. The fourth-order valence-corrected chi connectivity index (χ4v) is 3.62. The van der Waals surface area contributed by atoms with E-state index in [9.17, 15) is 9.59 Å². The zero-order chi connectivity index (χ0) is 19.5. The van der Waals surface area contributed by atoms with Gasteiger partial charge in [0.25, 0.3) is 5.91 Å². The quantitative estimate of drug-likeness (QED) is 0.886. The van der Waals surface area contributed by atoms with E-state index >= 15 is 0 Å². The first-order valence-electron chi connectivity index (χ1n) is 9.71. The van der Waals surface area contributed by atoms with Crippen LogP contribution in [0.1, 0.15) is 17.5 Å². The van der Waals surface area contributed by atoms with E-state index in [0.29, 0.717) is 24.5 Å². The molecule has 6 heteroatoms. The number of amides is 2. The van der Waals surface area contributed by atoms with Crippen molar-refractivity contribution in [2.45, 2.75) is 26.0 Å². The van der Waals surface area contributed by atoms with E-state index in [1.165, 1.54) is 11.1 Å². The van der Waals surface area contributed by atoms with Crippen molar-refractivity contribution < 1.29 is 14.3 Å². The molecule has 0 aromatic heterocycles. The predicted octanol–water partition coefficient (Wildman–Crippen LogP) is 2.43. The Morgan fingerprint density at radius 3 is 2.54 bits per heavy atom. The monoisotopic (exact) mass is 379 g/mol. The number of anilines is 1. The summed E-state index contributed by atoms with van der Waals surface area (Å²) in [5.74, 6) is 0.322. The third-order valence-electron chi connectivity index (χ3n) is 5.32. The molecule has 146 valence electrons. The van der Waals surface area contributed by atoms with Crippen LogP contribution in [-0.4, -0.2) is 53.9 Å². The maximum absolute atomic E-state index is 12.7. The Labute approximate surface area is 165 Å². The number of para-hydroxylation sites is 2. The van der Waals surface area contributed by atoms with Crippen LogP contribution in [0.3, 0.4) is 0 Å². The molecule has 2 amide bonds. The normalized spacial score (nSPS) is 19.5. The van der Waals surface area contributed by atoms with E-state index in [4.69, 9.17) is 4.74 Å². The molecule has 2 aromatic rings. The number of carbonyl (C=O) groups excluding carboxylic acids is 2. The molecular formula is C22H25N3O3. The molecule has 28 heavy (non-hydrogen) atoms. The highest BCUT2D eigenvalue weighted by atomic mass is 16.5. The molecule has 2 aliphatic rings. The van der Waals surface area contributed by atoms with Gasteiger partial charge >= 0.3 is 0 Å². The molecule has 2 heterocycles. The summed E-state index contributed by atoms with van der Waals surface area (Å²) in [5, 5.41) is 2.81. The number of fused-ring (bicyclic) bond motifs is 1. The minimum Gasteiger partial charge on any atom is -0.478 e. The number of aryl methyl sites for hydroxylation is 1. The molecule has 1 fully saturated rings. The second kappa shape index (κ2) is 8.02. The van der Waals surface area contributed by atoms with Crippen molar-refractivity contribution in [1.29, 1.82) is 0 Å². The highest BCUT2D eigenvalue weighted by Gasteiger charge is 2.32. The summed E-state index contributed by atoms with van der Waals surface area (Å²) in [6.45, 7) is 6.00. The number of hydrogen-bond donors (Lipinski definition) is 1. The molecule has 0 bridgehead atoms. The van der Waals surface area contributed by atoms with Crippen LogP contribution in [0.2, 0.25) is 0 Å². The van der Waals surface area contributed by atoms with Crippen LogP contribution in [-0.2, 0) is 16.1 Å². The fourth-order valence-electron chi connectivity index (χ4n) is 3.62. The first-order valence-corrected chi connectivity index (χ1v) is 9.71. The van der Waals surface area contributed by atoms with Gasteiger partial charge in [-0.2, -0.15) is 0 Å². The van der Waals surface area contributed by atoms with Crippen LogP contribution in [0.15, 0.2) is 48.5 Å². The predicted molar refractivity (Wildman–Crippen MR) is 107 cm³/mol. The Kier molecular flexibility index (Phi) is 5.30. The average molecular weight is 379 g/mol. The Morgan fingerprint density at radius 2 is 1.79 bits per heavy atom. The summed E-state index contributed by atoms with van der Waals surface area (Å²) in [7, 11) is 0. The molecule has 1 saturated heterocycles. The zero-order valence-corrected chi connectivity index (χ0v) is 16.1. The Balaban J connectivity index is 1.28. The lowest BCUT2D eigenvalue weighted by molar-refractivity contribution is -0.138. The molecule has 2 aromatic carbocycles. The van der Waals surface area contributed by atoms with Crippen molar-refractivity contribution in [2.24, 2.45) is 0 Å². The molecule has 6 nitrogen and oxygen atoms in total. The Hall–Kier alpha value is -2.86. The Morgan fingerprint density at radius 1 is 1.07 bits per heavy atom. The largest absolute Gasteiger partial charge is 0.478 e. The van der Waals surface area contributed by atoms with Crippen molar-refractivity contribution in [1.82, 2.24) is 9.80 Å². The van der Waals surface area contributed by atoms with Gasteiger partial charge < -0.3 is 15.0 Å². The van der Waals surface area contributed by atoms with Gasteiger partial charge in [0.05, 0.1) is 12.1 Å². The van der Waals surface area contributed by atoms with Gasteiger partial charge in [-0.25, -0.2) is 0 Å². The standard InChI is InChI=1S/C22H25N3O3/c1-16-6-8-17(9-7-16)15-24-10-12-25(13-11-24)21(26)14-20-22(27)23-18-4-2-3-5-19(18)28-20/h2-9,20H,10-15H2,1H3,(H,23,27). The van der Waals surface area contributed by atoms with Gasteiger partial charge in [0, 0.05) is 32.7 Å². The molecule has 1 atom stereocenters. The van der Waals surface area contributed by atoms with E-state index in [1.54, 1.807) is 12.1 Å². The number of rotatable bonds is 4.